The Morgan fingerprint density at radius 1 is 1.38 bits per heavy atom. The SMILES string of the molecule is Cc1nccc([C@H]2CN(C(=O)CCN(C)Cc3cccnc3)CCO2)n1. The minimum atomic E-state index is -0.178. The van der Waals surface area contributed by atoms with E-state index in [9.17, 15) is 4.79 Å². The van der Waals surface area contributed by atoms with Crippen molar-refractivity contribution in [3.63, 3.8) is 0 Å². The van der Waals surface area contributed by atoms with E-state index in [1.165, 1.54) is 0 Å². The summed E-state index contributed by atoms with van der Waals surface area (Å²) >= 11 is 0. The molecule has 7 nitrogen and oxygen atoms in total. The van der Waals surface area contributed by atoms with Crippen LogP contribution in [0.25, 0.3) is 0 Å². The van der Waals surface area contributed by atoms with Gasteiger partial charge in [-0.05, 0) is 31.7 Å². The fourth-order valence-electron chi connectivity index (χ4n) is 3.04. The fraction of sp³-hybridized carbons (Fsp3) is 0.474. The number of carbonyl (C=O) groups is 1. The summed E-state index contributed by atoms with van der Waals surface area (Å²) in [4.78, 5) is 29.3. The van der Waals surface area contributed by atoms with E-state index in [-0.39, 0.29) is 12.0 Å². The Balaban J connectivity index is 1.49. The number of carbonyl (C=O) groups excluding carboxylic acids is 1. The maximum absolute atomic E-state index is 12.6. The average Bonchev–Trinajstić information content (AvgIpc) is 2.67. The fourth-order valence-corrected chi connectivity index (χ4v) is 3.04. The summed E-state index contributed by atoms with van der Waals surface area (Å²) in [5.74, 6) is 0.869. The van der Waals surface area contributed by atoms with Crippen LogP contribution in [0.3, 0.4) is 0 Å². The largest absolute Gasteiger partial charge is 0.368 e. The molecule has 0 saturated carbocycles. The van der Waals surface area contributed by atoms with Crippen LogP contribution in [0.1, 0.15) is 29.6 Å². The molecule has 1 atom stereocenters. The average molecular weight is 355 g/mol. The number of nitrogens with zero attached hydrogens (tertiary/aromatic N) is 5. The minimum Gasteiger partial charge on any atom is -0.368 e. The van der Waals surface area contributed by atoms with Gasteiger partial charge in [-0.2, -0.15) is 0 Å². The number of rotatable bonds is 6. The minimum absolute atomic E-state index is 0.155. The van der Waals surface area contributed by atoms with Gasteiger partial charge in [-0.15, -0.1) is 0 Å². The number of ether oxygens (including phenoxy) is 1. The van der Waals surface area contributed by atoms with Crippen molar-refractivity contribution >= 4 is 5.91 Å². The van der Waals surface area contributed by atoms with Crippen LogP contribution in [0, 0.1) is 6.92 Å². The lowest BCUT2D eigenvalue weighted by Gasteiger charge is -2.33. The van der Waals surface area contributed by atoms with E-state index < -0.39 is 0 Å². The molecule has 1 saturated heterocycles. The molecule has 3 heterocycles. The second-order valence-electron chi connectivity index (χ2n) is 6.58. The van der Waals surface area contributed by atoms with E-state index in [0.717, 1.165) is 17.8 Å². The maximum Gasteiger partial charge on any atom is 0.224 e. The van der Waals surface area contributed by atoms with E-state index in [1.54, 1.807) is 12.4 Å². The van der Waals surface area contributed by atoms with E-state index in [1.807, 2.05) is 43.3 Å². The molecule has 138 valence electrons. The van der Waals surface area contributed by atoms with E-state index >= 15 is 0 Å². The van der Waals surface area contributed by atoms with E-state index in [2.05, 4.69) is 19.9 Å². The van der Waals surface area contributed by atoms with Crippen LogP contribution >= 0.6 is 0 Å². The lowest BCUT2D eigenvalue weighted by atomic mass is 10.2. The van der Waals surface area contributed by atoms with Crippen molar-refractivity contribution in [2.45, 2.75) is 26.0 Å². The monoisotopic (exact) mass is 355 g/mol. The Morgan fingerprint density at radius 2 is 2.27 bits per heavy atom. The highest BCUT2D eigenvalue weighted by atomic mass is 16.5. The molecule has 2 aromatic heterocycles. The van der Waals surface area contributed by atoms with Gasteiger partial charge in [0.25, 0.3) is 0 Å². The highest BCUT2D eigenvalue weighted by molar-refractivity contribution is 5.76. The van der Waals surface area contributed by atoms with E-state index in [4.69, 9.17) is 4.74 Å². The molecule has 1 aliphatic rings. The number of pyridine rings is 1. The topological polar surface area (TPSA) is 71.5 Å². The zero-order valence-corrected chi connectivity index (χ0v) is 15.3. The molecule has 0 N–H and O–H groups in total. The zero-order valence-electron chi connectivity index (χ0n) is 15.3. The molecular weight excluding hydrogens is 330 g/mol. The lowest BCUT2D eigenvalue weighted by molar-refractivity contribution is -0.139. The summed E-state index contributed by atoms with van der Waals surface area (Å²) in [6.45, 7) is 5.06. The van der Waals surface area contributed by atoms with Crippen molar-refractivity contribution in [3.8, 4) is 0 Å². The standard InChI is InChI=1S/C19H25N5O2/c1-15-21-8-5-17(22-15)18-14-24(10-11-26-18)19(25)6-9-23(2)13-16-4-3-7-20-12-16/h3-5,7-8,12,18H,6,9-11,13-14H2,1-2H3/t18-/m1/s1. The van der Waals surface area contributed by atoms with Crippen molar-refractivity contribution < 1.29 is 9.53 Å². The molecule has 0 bridgehead atoms. The highest BCUT2D eigenvalue weighted by Gasteiger charge is 2.26. The van der Waals surface area contributed by atoms with Gasteiger partial charge in [-0.25, -0.2) is 9.97 Å². The molecule has 1 aliphatic heterocycles. The van der Waals surface area contributed by atoms with Crippen LogP contribution in [0.15, 0.2) is 36.8 Å². The summed E-state index contributed by atoms with van der Waals surface area (Å²) < 4.78 is 5.80. The first kappa shape index (κ1) is 18.4. The Morgan fingerprint density at radius 3 is 3.04 bits per heavy atom. The van der Waals surface area contributed by atoms with Gasteiger partial charge in [0, 0.05) is 44.6 Å². The van der Waals surface area contributed by atoms with Crippen LogP contribution in [-0.2, 0) is 16.1 Å². The van der Waals surface area contributed by atoms with Crippen LogP contribution in [0.5, 0.6) is 0 Å². The molecule has 0 aliphatic carbocycles. The molecule has 1 amide bonds. The summed E-state index contributed by atoms with van der Waals surface area (Å²) in [5.41, 5.74) is 1.98. The first-order valence-electron chi connectivity index (χ1n) is 8.88. The number of hydrogen-bond acceptors (Lipinski definition) is 6. The third-order valence-corrected chi connectivity index (χ3v) is 4.43. The Bertz CT molecular complexity index is 725. The van der Waals surface area contributed by atoms with Crippen LogP contribution in [0.4, 0.5) is 0 Å². The molecule has 7 heteroatoms. The van der Waals surface area contributed by atoms with Crippen molar-refractivity contribution in [1.82, 2.24) is 24.8 Å². The number of morpholine rings is 1. The summed E-state index contributed by atoms with van der Waals surface area (Å²) in [5, 5.41) is 0. The quantitative estimate of drug-likeness (QED) is 0.784. The van der Waals surface area contributed by atoms with Gasteiger partial charge in [-0.3, -0.25) is 9.78 Å². The summed E-state index contributed by atoms with van der Waals surface area (Å²) in [6.07, 6.45) is 5.67. The third kappa shape index (κ3) is 5.06. The second-order valence-corrected chi connectivity index (χ2v) is 6.58. The van der Waals surface area contributed by atoms with Crippen LogP contribution in [-0.4, -0.2) is 63.9 Å². The molecule has 0 aromatic carbocycles. The van der Waals surface area contributed by atoms with Gasteiger partial charge in [0.1, 0.15) is 11.9 Å². The van der Waals surface area contributed by atoms with Gasteiger partial charge in [0.05, 0.1) is 18.8 Å². The molecule has 0 radical (unpaired) electrons. The molecule has 3 rings (SSSR count). The molecule has 2 aromatic rings. The van der Waals surface area contributed by atoms with Gasteiger partial charge < -0.3 is 14.5 Å². The van der Waals surface area contributed by atoms with E-state index in [0.29, 0.717) is 38.5 Å². The second kappa shape index (κ2) is 8.82. The Kier molecular flexibility index (Phi) is 6.25. The normalized spacial score (nSPS) is 17.5. The van der Waals surface area contributed by atoms with Gasteiger partial charge in [0.15, 0.2) is 0 Å². The van der Waals surface area contributed by atoms with Crippen LogP contribution < -0.4 is 0 Å². The zero-order chi connectivity index (χ0) is 18.4. The molecule has 0 unspecified atom stereocenters. The smallest absolute Gasteiger partial charge is 0.224 e. The van der Waals surface area contributed by atoms with Crippen molar-refractivity contribution in [3.05, 3.63) is 53.9 Å². The number of amides is 1. The Labute approximate surface area is 154 Å². The maximum atomic E-state index is 12.6. The highest BCUT2D eigenvalue weighted by Crippen LogP contribution is 2.20. The Hall–Kier alpha value is -2.38. The number of hydrogen-bond donors (Lipinski definition) is 0. The molecule has 0 spiro atoms. The number of aromatic nitrogens is 3. The van der Waals surface area contributed by atoms with Crippen molar-refractivity contribution in [2.24, 2.45) is 0 Å². The first-order valence-corrected chi connectivity index (χ1v) is 8.88. The molecule has 1 fully saturated rings. The third-order valence-electron chi connectivity index (χ3n) is 4.43. The molecular formula is C19H25N5O2. The van der Waals surface area contributed by atoms with Gasteiger partial charge >= 0.3 is 0 Å². The lowest BCUT2D eigenvalue weighted by Crippen LogP contribution is -2.43. The summed E-state index contributed by atoms with van der Waals surface area (Å²) in [7, 11) is 2.02. The molecule has 26 heavy (non-hydrogen) atoms. The van der Waals surface area contributed by atoms with Gasteiger partial charge in [-0.1, -0.05) is 6.07 Å². The predicted molar refractivity (Wildman–Crippen MR) is 97.2 cm³/mol. The van der Waals surface area contributed by atoms with Crippen LogP contribution in [0.2, 0.25) is 0 Å². The first-order chi connectivity index (χ1) is 12.6. The number of aryl methyl sites for hydroxylation is 1. The summed E-state index contributed by atoms with van der Waals surface area (Å²) in [6, 6.07) is 5.83. The van der Waals surface area contributed by atoms with Crippen molar-refractivity contribution in [2.75, 3.05) is 33.3 Å². The van der Waals surface area contributed by atoms with Gasteiger partial charge in [0.2, 0.25) is 5.91 Å². The van der Waals surface area contributed by atoms with Crippen molar-refractivity contribution in [1.29, 1.82) is 0 Å². The predicted octanol–water partition coefficient (Wildman–Crippen LogP) is 1.60.